The van der Waals surface area contributed by atoms with E-state index in [2.05, 4.69) is 27.1 Å². The summed E-state index contributed by atoms with van der Waals surface area (Å²) < 4.78 is 0. The van der Waals surface area contributed by atoms with E-state index in [1.165, 1.54) is 18.7 Å². The minimum absolute atomic E-state index is 0.172. The van der Waals surface area contributed by atoms with Crippen LogP contribution in [0.2, 0.25) is 0 Å². The largest absolute Gasteiger partial charge is 0.384 e. The summed E-state index contributed by atoms with van der Waals surface area (Å²) in [5, 5.41) is 11.4. The van der Waals surface area contributed by atoms with Crippen LogP contribution >= 0.6 is 0 Å². The smallest absolute Gasteiger partial charge is 0.254 e. The quantitative estimate of drug-likeness (QED) is 0.805. The summed E-state index contributed by atoms with van der Waals surface area (Å²) in [5.74, 6) is 5.18. The lowest BCUT2D eigenvalue weighted by atomic mass is 10.1. The first kappa shape index (κ1) is 13.7. The number of hydrogen-bond acceptors (Lipinski definition) is 4. The molecule has 0 radical (unpaired) electrons. The molecule has 1 amide bonds. The molecule has 5 nitrogen and oxygen atoms in total. The number of carbonyl (C=O) groups is 1. The predicted molar refractivity (Wildman–Crippen MR) is 73.6 cm³/mol. The predicted octanol–water partition coefficient (Wildman–Crippen LogP) is 0.750. The number of hydrogen-bond donors (Lipinski definition) is 2. The van der Waals surface area contributed by atoms with Gasteiger partial charge in [-0.1, -0.05) is 24.0 Å². The lowest BCUT2D eigenvalue weighted by Gasteiger charge is -2.05. The van der Waals surface area contributed by atoms with Crippen LogP contribution < -0.4 is 5.32 Å². The van der Waals surface area contributed by atoms with Gasteiger partial charge in [-0.25, -0.2) is 9.97 Å². The highest BCUT2D eigenvalue weighted by Gasteiger charge is 2.05. The van der Waals surface area contributed by atoms with E-state index in [0.29, 0.717) is 12.1 Å². The van der Waals surface area contributed by atoms with Gasteiger partial charge in [-0.15, -0.1) is 0 Å². The number of benzene rings is 1. The molecule has 0 saturated carbocycles. The molecule has 0 aliphatic rings. The molecule has 0 bridgehead atoms. The van der Waals surface area contributed by atoms with Crippen LogP contribution in [0.3, 0.4) is 0 Å². The minimum Gasteiger partial charge on any atom is -0.384 e. The Hall–Kier alpha value is -2.71. The third-order valence-corrected chi connectivity index (χ3v) is 2.51. The van der Waals surface area contributed by atoms with Crippen molar-refractivity contribution in [3.8, 4) is 11.8 Å². The van der Waals surface area contributed by atoms with Crippen molar-refractivity contribution < 1.29 is 9.90 Å². The monoisotopic (exact) mass is 267 g/mol. The molecule has 0 saturated heterocycles. The van der Waals surface area contributed by atoms with Gasteiger partial charge in [0.1, 0.15) is 12.9 Å². The third-order valence-electron chi connectivity index (χ3n) is 2.51. The van der Waals surface area contributed by atoms with Crippen LogP contribution in [-0.2, 0) is 6.54 Å². The topological polar surface area (TPSA) is 75.1 Å². The second-order valence-corrected chi connectivity index (χ2v) is 3.97. The van der Waals surface area contributed by atoms with Gasteiger partial charge in [-0.05, 0) is 17.7 Å². The highest BCUT2D eigenvalue weighted by Crippen LogP contribution is 2.04. The molecular weight excluding hydrogens is 254 g/mol. The number of aliphatic hydroxyl groups is 1. The Morgan fingerprint density at radius 2 is 2.10 bits per heavy atom. The van der Waals surface area contributed by atoms with Crippen LogP contribution in [0.25, 0.3) is 0 Å². The molecule has 0 unspecified atom stereocenters. The fourth-order valence-electron chi connectivity index (χ4n) is 1.60. The Labute approximate surface area is 116 Å². The fraction of sp³-hybridized carbons (Fsp3) is 0.133. The molecule has 1 aromatic carbocycles. The van der Waals surface area contributed by atoms with Gasteiger partial charge in [0.05, 0.1) is 5.56 Å². The average Bonchev–Trinajstić information content (AvgIpc) is 2.52. The Bertz CT molecular complexity index is 645. The summed E-state index contributed by atoms with van der Waals surface area (Å²) in [6, 6.07) is 7.46. The number of carbonyl (C=O) groups excluding carboxylic acids is 1. The Kier molecular flexibility index (Phi) is 4.81. The SMILES string of the molecule is O=C(NCc1cccc(C#CCO)c1)c1cncnc1. The van der Waals surface area contributed by atoms with Crippen molar-refractivity contribution in [1.82, 2.24) is 15.3 Å². The molecule has 0 aliphatic heterocycles. The Morgan fingerprint density at radius 3 is 2.85 bits per heavy atom. The Morgan fingerprint density at radius 1 is 1.30 bits per heavy atom. The van der Waals surface area contributed by atoms with Gasteiger partial charge in [-0.3, -0.25) is 4.79 Å². The molecule has 0 atom stereocenters. The number of amides is 1. The van der Waals surface area contributed by atoms with E-state index in [1.807, 2.05) is 24.3 Å². The third kappa shape index (κ3) is 3.90. The van der Waals surface area contributed by atoms with Crippen molar-refractivity contribution in [3.05, 3.63) is 59.7 Å². The summed E-state index contributed by atoms with van der Waals surface area (Å²) in [7, 11) is 0. The van der Waals surface area contributed by atoms with Crippen molar-refractivity contribution in [2.75, 3.05) is 6.61 Å². The normalized spacial score (nSPS) is 9.45. The molecule has 1 aromatic heterocycles. The number of nitrogens with one attached hydrogen (secondary N) is 1. The van der Waals surface area contributed by atoms with E-state index in [0.717, 1.165) is 11.1 Å². The van der Waals surface area contributed by atoms with E-state index in [4.69, 9.17) is 5.11 Å². The number of aromatic nitrogens is 2. The van der Waals surface area contributed by atoms with Crippen LogP contribution in [0.15, 0.2) is 43.0 Å². The van der Waals surface area contributed by atoms with Crippen LogP contribution in [0, 0.1) is 11.8 Å². The van der Waals surface area contributed by atoms with Crippen molar-refractivity contribution in [2.45, 2.75) is 6.54 Å². The minimum atomic E-state index is -0.225. The summed E-state index contributed by atoms with van der Waals surface area (Å²) in [4.78, 5) is 19.4. The zero-order chi connectivity index (χ0) is 14.2. The molecule has 0 spiro atoms. The standard InChI is InChI=1S/C15H13N3O2/c19-6-2-5-12-3-1-4-13(7-12)8-18-15(20)14-9-16-11-17-10-14/h1,3-4,7,9-11,19H,6,8H2,(H,18,20). The molecule has 1 heterocycles. The van der Waals surface area contributed by atoms with E-state index in [1.54, 1.807) is 0 Å². The molecule has 0 fully saturated rings. The van der Waals surface area contributed by atoms with Crippen molar-refractivity contribution in [1.29, 1.82) is 0 Å². The van der Waals surface area contributed by atoms with Crippen LogP contribution in [0.1, 0.15) is 21.5 Å². The summed E-state index contributed by atoms with van der Waals surface area (Å²) in [5.41, 5.74) is 2.15. The van der Waals surface area contributed by atoms with Gasteiger partial charge >= 0.3 is 0 Å². The van der Waals surface area contributed by atoms with E-state index < -0.39 is 0 Å². The van der Waals surface area contributed by atoms with Crippen LogP contribution in [0.5, 0.6) is 0 Å². The zero-order valence-electron chi connectivity index (χ0n) is 10.7. The molecule has 2 N–H and O–H groups in total. The maximum Gasteiger partial charge on any atom is 0.254 e. The first-order valence-corrected chi connectivity index (χ1v) is 6.01. The van der Waals surface area contributed by atoms with Crippen molar-refractivity contribution in [2.24, 2.45) is 0 Å². The molecule has 2 aromatic rings. The first-order valence-electron chi connectivity index (χ1n) is 6.01. The van der Waals surface area contributed by atoms with Gasteiger partial charge in [0.25, 0.3) is 5.91 Å². The van der Waals surface area contributed by atoms with E-state index >= 15 is 0 Å². The van der Waals surface area contributed by atoms with E-state index in [9.17, 15) is 4.79 Å². The van der Waals surface area contributed by atoms with Crippen molar-refractivity contribution >= 4 is 5.91 Å². The molecule has 2 rings (SSSR count). The molecular formula is C15H13N3O2. The molecule has 0 aliphatic carbocycles. The summed E-state index contributed by atoms with van der Waals surface area (Å²) in [6.07, 6.45) is 4.30. The molecule has 20 heavy (non-hydrogen) atoms. The zero-order valence-corrected chi connectivity index (χ0v) is 10.7. The lowest BCUT2D eigenvalue weighted by Crippen LogP contribution is -2.23. The maximum absolute atomic E-state index is 11.8. The second kappa shape index (κ2) is 7.02. The highest BCUT2D eigenvalue weighted by atomic mass is 16.2. The van der Waals surface area contributed by atoms with Crippen LogP contribution in [-0.4, -0.2) is 27.6 Å². The average molecular weight is 267 g/mol. The van der Waals surface area contributed by atoms with Gasteiger partial charge < -0.3 is 10.4 Å². The number of nitrogens with zero attached hydrogens (tertiary/aromatic N) is 2. The molecule has 5 heteroatoms. The first-order chi connectivity index (χ1) is 9.79. The number of aliphatic hydroxyl groups excluding tert-OH is 1. The number of rotatable bonds is 3. The summed E-state index contributed by atoms with van der Waals surface area (Å²) in [6.45, 7) is 0.220. The van der Waals surface area contributed by atoms with E-state index in [-0.39, 0.29) is 12.5 Å². The van der Waals surface area contributed by atoms with Crippen LogP contribution in [0.4, 0.5) is 0 Å². The highest BCUT2D eigenvalue weighted by molar-refractivity contribution is 5.93. The van der Waals surface area contributed by atoms with Gasteiger partial charge in [0.2, 0.25) is 0 Å². The van der Waals surface area contributed by atoms with Gasteiger partial charge in [0.15, 0.2) is 0 Å². The van der Waals surface area contributed by atoms with Gasteiger partial charge in [0, 0.05) is 24.5 Å². The fourth-order valence-corrected chi connectivity index (χ4v) is 1.60. The lowest BCUT2D eigenvalue weighted by molar-refractivity contribution is 0.0950. The second-order valence-electron chi connectivity index (χ2n) is 3.97. The van der Waals surface area contributed by atoms with Gasteiger partial charge in [-0.2, -0.15) is 0 Å². The maximum atomic E-state index is 11.8. The summed E-state index contributed by atoms with van der Waals surface area (Å²) >= 11 is 0. The van der Waals surface area contributed by atoms with Crippen molar-refractivity contribution in [3.63, 3.8) is 0 Å². The molecule has 100 valence electrons. The Balaban J connectivity index is 1.99.